The molecule has 0 atom stereocenters. The molecule has 1 N–H and O–H groups in total. The summed E-state index contributed by atoms with van der Waals surface area (Å²) in [5, 5.41) is 7.66. The van der Waals surface area contributed by atoms with Crippen LogP contribution in [0.15, 0.2) is 0 Å². The second-order valence-corrected chi connectivity index (χ2v) is 8.05. The maximum absolute atomic E-state index is 12.5. The Balaban J connectivity index is 1.52. The Morgan fingerprint density at radius 2 is 1.81 bits per heavy atom. The number of aryl methyl sites for hydroxylation is 2. The van der Waals surface area contributed by atoms with Crippen LogP contribution in [0.1, 0.15) is 36.2 Å². The minimum absolute atomic E-state index is 0.116. The van der Waals surface area contributed by atoms with E-state index in [1.54, 1.807) is 0 Å². The fourth-order valence-electron chi connectivity index (χ4n) is 4.22. The number of hydrogen-bond donors (Lipinski definition) is 1. The van der Waals surface area contributed by atoms with E-state index in [2.05, 4.69) is 22.2 Å². The number of carbonyl (C=O) groups is 1. The molecule has 3 heterocycles. The first-order chi connectivity index (χ1) is 13.0. The van der Waals surface area contributed by atoms with Gasteiger partial charge in [0.1, 0.15) is 0 Å². The summed E-state index contributed by atoms with van der Waals surface area (Å²) in [4.78, 5) is 15.0. The fraction of sp³-hybridized carbons (Fsp3) is 0.800. The van der Waals surface area contributed by atoms with Gasteiger partial charge < -0.3 is 14.8 Å². The van der Waals surface area contributed by atoms with Crippen LogP contribution in [0.5, 0.6) is 0 Å². The van der Waals surface area contributed by atoms with Gasteiger partial charge in [-0.15, -0.1) is 0 Å². The molecule has 0 unspecified atom stereocenters. The standard InChI is InChI=1S/C20H34N4O3/c1-16-18(17(2)23(3)22-16)4-5-19(25)21-14-20(6-10-26-11-7-20)15-24-8-12-27-13-9-24/h4-15H2,1-3H3,(H,21,25). The summed E-state index contributed by atoms with van der Waals surface area (Å²) < 4.78 is 13.0. The second kappa shape index (κ2) is 9.17. The Bertz CT molecular complexity index is 631. The molecule has 1 aromatic heterocycles. The lowest BCUT2D eigenvalue weighted by Crippen LogP contribution is -2.50. The quantitative estimate of drug-likeness (QED) is 0.773. The molecule has 2 aliphatic rings. The number of nitrogens with one attached hydrogen (secondary N) is 1. The summed E-state index contributed by atoms with van der Waals surface area (Å²) in [5.41, 5.74) is 3.48. The second-order valence-electron chi connectivity index (χ2n) is 8.05. The molecule has 3 rings (SSSR count). The van der Waals surface area contributed by atoms with Crippen molar-refractivity contribution in [1.29, 1.82) is 0 Å². The first kappa shape index (κ1) is 20.3. The third-order valence-electron chi connectivity index (χ3n) is 6.14. The lowest BCUT2D eigenvalue weighted by molar-refractivity contribution is -0.122. The van der Waals surface area contributed by atoms with E-state index in [0.717, 1.165) is 83.3 Å². The first-order valence-electron chi connectivity index (χ1n) is 10.1. The van der Waals surface area contributed by atoms with Crippen LogP contribution < -0.4 is 5.32 Å². The highest BCUT2D eigenvalue weighted by atomic mass is 16.5. The third-order valence-corrected chi connectivity index (χ3v) is 6.14. The Labute approximate surface area is 162 Å². The molecule has 0 saturated carbocycles. The molecule has 0 aromatic carbocycles. The third kappa shape index (κ3) is 5.30. The van der Waals surface area contributed by atoms with Crippen molar-refractivity contribution in [2.24, 2.45) is 12.5 Å². The molecular formula is C20H34N4O3. The predicted molar refractivity (Wildman–Crippen MR) is 104 cm³/mol. The van der Waals surface area contributed by atoms with Crippen LogP contribution in [0, 0.1) is 19.3 Å². The Morgan fingerprint density at radius 3 is 2.44 bits per heavy atom. The molecule has 152 valence electrons. The molecule has 0 spiro atoms. The van der Waals surface area contributed by atoms with Crippen molar-refractivity contribution in [1.82, 2.24) is 20.0 Å². The van der Waals surface area contributed by atoms with Gasteiger partial charge in [-0.3, -0.25) is 14.4 Å². The zero-order chi connectivity index (χ0) is 19.3. The van der Waals surface area contributed by atoms with Crippen molar-refractivity contribution in [3.05, 3.63) is 17.0 Å². The first-order valence-corrected chi connectivity index (χ1v) is 10.1. The zero-order valence-corrected chi connectivity index (χ0v) is 17.1. The topological polar surface area (TPSA) is 68.6 Å². The number of rotatable bonds is 7. The number of aromatic nitrogens is 2. The highest BCUT2D eigenvalue weighted by Crippen LogP contribution is 2.31. The monoisotopic (exact) mass is 378 g/mol. The highest BCUT2D eigenvalue weighted by Gasteiger charge is 2.35. The molecule has 0 bridgehead atoms. The van der Waals surface area contributed by atoms with E-state index in [4.69, 9.17) is 9.47 Å². The average Bonchev–Trinajstić information content (AvgIpc) is 2.92. The van der Waals surface area contributed by atoms with Gasteiger partial charge in [-0.1, -0.05) is 0 Å². The summed E-state index contributed by atoms with van der Waals surface area (Å²) >= 11 is 0. The van der Waals surface area contributed by atoms with Crippen molar-refractivity contribution in [3.63, 3.8) is 0 Å². The highest BCUT2D eigenvalue weighted by molar-refractivity contribution is 5.76. The van der Waals surface area contributed by atoms with Crippen molar-refractivity contribution < 1.29 is 14.3 Å². The lowest BCUT2D eigenvalue weighted by atomic mass is 9.79. The van der Waals surface area contributed by atoms with Crippen molar-refractivity contribution in [2.75, 3.05) is 52.6 Å². The van der Waals surface area contributed by atoms with Crippen LogP contribution >= 0.6 is 0 Å². The van der Waals surface area contributed by atoms with E-state index in [1.165, 1.54) is 5.56 Å². The van der Waals surface area contributed by atoms with E-state index < -0.39 is 0 Å². The van der Waals surface area contributed by atoms with E-state index in [1.807, 2.05) is 18.7 Å². The number of amides is 1. The number of nitrogens with zero attached hydrogens (tertiary/aromatic N) is 3. The molecule has 2 saturated heterocycles. The fourth-order valence-corrected chi connectivity index (χ4v) is 4.22. The van der Waals surface area contributed by atoms with Crippen LogP contribution in [0.3, 0.4) is 0 Å². The van der Waals surface area contributed by atoms with Crippen LogP contribution in [0.25, 0.3) is 0 Å². The van der Waals surface area contributed by atoms with Crippen LogP contribution in [-0.4, -0.2) is 73.2 Å². The normalized spacial score (nSPS) is 20.6. The van der Waals surface area contributed by atoms with Gasteiger partial charge in [0, 0.05) is 64.0 Å². The summed E-state index contributed by atoms with van der Waals surface area (Å²) in [5.74, 6) is 0.130. The number of carbonyl (C=O) groups excluding carboxylic acids is 1. The van der Waals surface area contributed by atoms with Crippen LogP contribution in [-0.2, 0) is 27.7 Å². The van der Waals surface area contributed by atoms with Gasteiger partial charge in [-0.25, -0.2) is 0 Å². The molecule has 2 fully saturated rings. The van der Waals surface area contributed by atoms with Crippen molar-refractivity contribution >= 4 is 5.91 Å². The minimum atomic E-state index is 0.116. The summed E-state index contributed by atoms with van der Waals surface area (Å²) in [6.45, 7) is 11.0. The van der Waals surface area contributed by atoms with Gasteiger partial charge in [-0.05, 0) is 38.7 Å². The average molecular weight is 379 g/mol. The minimum Gasteiger partial charge on any atom is -0.381 e. The number of ether oxygens (including phenoxy) is 2. The molecule has 27 heavy (non-hydrogen) atoms. The molecule has 0 aliphatic carbocycles. The van der Waals surface area contributed by atoms with Gasteiger partial charge in [0.2, 0.25) is 5.91 Å². The molecule has 1 aromatic rings. The summed E-state index contributed by atoms with van der Waals surface area (Å²) in [6.07, 6.45) is 3.27. The van der Waals surface area contributed by atoms with Gasteiger partial charge in [0.25, 0.3) is 0 Å². The van der Waals surface area contributed by atoms with Crippen molar-refractivity contribution in [2.45, 2.75) is 39.5 Å². The van der Waals surface area contributed by atoms with Gasteiger partial charge in [0.05, 0.1) is 18.9 Å². The predicted octanol–water partition coefficient (Wildman–Crippen LogP) is 1.21. The Hall–Kier alpha value is -1.44. The lowest BCUT2D eigenvalue weighted by Gasteiger charge is -2.42. The summed E-state index contributed by atoms with van der Waals surface area (Å²) in [6, 6.07) is 0. The van der Waals surface area contributed by atoms with Crippen molar-refractivity contribution in [3.8, 4) is 0 Å². The number of morpholine rings is 1. The zero-order valence-electron chi connectivity index (χ0n) is 17.1. The smallest absolute Gasteiger partial charge is 0.220 e. The molecule has 7 nitrogen and oxygen atoms in total. The Kier molecular flexibility index (Phi) is 6.89. The van der Waals surface area contributed by atoms with E-state index in [-0.39, 0.29) is 11.3 Å². The molecule has 0 radical (unpaired) electrons. The number of hydrogen-bond acceptors (Lipinski definition) is 5. The summed E-state index contributed by atoms with van der Waals surface area (Å²) in [7, 11) is 1.95. The molecular weight excluding hydrogens is 344 g/mol. The van der Waals surface area contributed by atoms with Crippen LogP contribution in [0.2, 0.25) is 0 Å². The molecule has 2 aliphatic heterocycles. The van der Waals surface area contributed by atoms with E-state index in [9.17, 15) is 4.79 Å². The van der Waals surface area contributed by atoms with Gasteiger partial charge in [-0.2, -0.15) is 5.10 Å². The van der Waals surface area contributed by atoms with Crippen LogP contribution in [0.4, 0.5) is 0 Å². The van der Waals surface area contributed by atoms with Gasteiger partial charge >= 0.3 is 0 Å². The maximum Gasteiger partial charge on any atom is 0.220 e. The molecule has 7 heteroatoms. The van der Waals surface area contributed by atoms with E-state index >= 15 is 0 Å². The largest absolute Gasteiger partial charge is 0.381 e. The molecule has 1 amide bonds. The van der Waals surface area contributed by atoms with Gasteiger partial charge in [0.15, 0.2) is 0 Å². The Morgan fingerprint density at radius 1 is 1.15 bits per heavy atom. The van der Waals surface area contributed by atoms with E-state index in [0.29, 0.717) is 6.42 Å². The maximum atomic E-state index is 12.5. The SMILES string of the molecule is Cc1nn(C)c(C)c1CCC(=O)NCC1(CN2CCOCC2)CCOCC1.